The molecule has 2 aromatic carbocycles. The van der Waals surface area contributed by atoms with Crippen LogP contribution in [0.25, 0.3) is 0 Å². The van der Waals surface area contributed by atoms with Gasteiger partial charge in [-0.15, -0.1) is 0 Å². The summed E-state index contributed by atoms with van der Waals surface area (Å²) in [7, 11) is 0. The maximum Gasteiger partial charge on any atom is 0.471 e. The molecule has 1 aliphatic rings. The van der Waals surface area contributed by atoms with Gasteiger partial charge in [0.05, 0.1) is 5.71 Å². The van der Waals surface area contributed by atoms with E-state index < -0.39 is 12.1 Å². The first-order valence-corrected chi connectivity index (χ1v) is 8.63. The van der Waals surface area contributed by atoms with Gasteiger partial charge in [-0.05, 0) is 42.5 Å². The van der Waals surface area contributed by atoms with Gasteiger partial charge in [-0.3, -0.25) is 9.59 Å². The van der Waals surface area contributed by atoms with E-state index in [1.54, 1.807) is 12.2 Å². The van der Waals surface area contributed by atoms with E-state index in [2.05, 4.69) is 10.5 Å². The number of hydrogen-bond acceptors (Lipinski definition) is 3. The molecular formula is C20H18F3N3O2. The first kappa shape index (κ1) is 19.6. The summed E-state index contributed by atoms with van der Waals surface area (Å²) >= 11 is 0. The normalized spacial score (nSPS) is 19.1. The number of hydrazone groups is 1. The molecule has 0 bridgehead atoms. The van der Waals surface area contributed by atoms with Crippen LogP contribution in [0.2, 0.25) is 0 Å². The van der Waals surface area contributed by atoms with Gasteiger partial charge >= 0.3 is 12.1 Å². The van der Waals surface area contributed by atoms with E-state index in [9.17, 15) is 22.8 Å². The van der Waals surface area contributed by atoms with Crippen molar-refractivity contribution in [3.63, 3.8) is 0 Å². The lowest BCUT2D eigenvalue weighted by molar-refractivity contribution is -0.167. The number of carbonyl (C=O) groups excluding carboxylic acids is 2. The molecular weight excluding hydrogens is 371 g/mol. The van der Waals surface area contributed by atoms with Crippen molar-refractivity contribution >= 4 is 23.2 Å². The minimum atomic E-state index is -4.94. The maximum absolute atomic E-state index is 12.3. The van der Waals surface area contributed by atoms with E-state index >= 15 is 0 Å². The molecule has 146 valence electrons. The van der Waals surface area contributed by atoms with Gasteiger partial charge < -0.3 is 5.32 Å². The van der Waals surface area contributed by atoms with Crippen molar-refractivity contribution < 1.29 is 22.8 Å². The number of anilines is 1. The zero-order chi connectivity index (χ0) is 20.3. The summed E-state index contributed by atoms with van der Waals surface area (Å²) in [6.45, 7) is 1.67. The van der Waals surface area contributed by atoms with Crippen LogP contribution in [0.3, 0.4) is 0 Å². The summed E-state index contributed by atoms with van der Waals surface area (Å²) in [4.78, 5) is 23.1. The Bertz CT molecular complexity index is 893. The van der Waals surface area contributed by atoms with Gasteiger partial charge in [0.2, 0.25) is 5.91 Å². The first-order valence-electron chi connectivity index (χ1n) is 8.63. The zero-order valence-corrected chi connectivity index (χ0v) is 15.0. The quantitative estimate of drug-likeness (QED) is 0.603. The van der Waals surface area contributed by atoms with E-state index in [-0.39, 0.29) is 23.4 Å². The van der Waals surface area contributed by atoms with E-state index in [4.69, 9.17) is 0 Å². The first-order chi connectivity index (χ1) is 13.3. The Morgan fingerprint density at radius 1 is 1.04 bits per heavy atom. The monoisotopic (exact) mass is 389 g/mol. The highest BCUT2D eigenvalue weighted by molar-refractivity contribution is 6.00. The summed E-state index contributed by atoms with van der Waals surface area (Å²) in [5.74, 6) is -2.11. The Hall–Kier alpha value is -3.16. The van der Waals surface area contributed by atoms with Crippen molar-refractivity contribution in [1.29, 1.82) is 0 Å². The Kier molecular flexibility index (Phi) is 5.48. The second-order valence-corrected chi connectivity index (χ2v) is 6.56. The van der Waals surface area contributed by atoms with Crippen LogP contribution in [0.5, 0.6) is 0 Å². The molecule has 0 saturated heterocycles. The number of rotatable bonds is 5. The maximum atomic E-state index is 12.3. The number of halogens is 3. The van der Waals surface area contributed by atoms with Crippen molar-refractivity contribution in [2.75, 3.05) is 5.32 Å². The molecule has 5 nitrogen and oxygen atoms in total. The molecule has 0 spiro atoms. The van der Waals surface area contributed by atoms with Crippen LogP contribution in [-0.2, 0) is 9.59 Å². The number of carbonyl (C=O) groups is 2. The van der Waals surface area contributed by atoms with Gasteiger partial charge in [0.15, 0.2) is 0 Å². The van der Waals surface area contributed by atoms with Crippen molar-refractivity contribution in [2.45, 2.75) is 25.4 Å². The number of amides is 2. The lowest BCUT2D eigenvalue weighted by atomic mass is 10.1. The predicted octanol–water partition coefficient (Wildman–Crippen LogP) is 3.83. The topological polar surface area (TPSA) is 70.6 Å². The lowest BCUT2D eigenvalue weighted by Crippen LogP contribution is -2.29. The van der Waals surface area contributed by atoms with Crippen LogP contribution in [0.15, 0.2) is 59.7 Å². The van der Waals surface area contributed by atoms with E-state index in [0.717, 1.165) is 12.0 Å². The molecule has 1 fully saturated rings. The Labute approximate surface area is 159 Å². The van der Waals surface area contributed by atoms with Crippen molar-refractivity contribution in [3.8, 4) is 0 Å². The van der Waals surface area contributed by atoms with E-state index in [1.165, 1.54) is 24.3 Å². The minimum Gasteiger partial charge on any atom is -0.318 e. The summed E-state index contributed by atoms with van der Waals surface area (Å²) in [6, 6.07) is 15.5. The molecule has 2 amide bonds. The summed E-state index contributed by atoms with van der Waals surface area (Å²) in [6.07, 6.45) is -4.17. The summed E-state index contributed by atoms with van der Waals surface area (Å²) in [5.41, 5.74) is 4.80. The predicted molar refractivity (Wildman–Crippen MR) is 98.8 cm³/mol. The van der Waals surface area contributed by atoms with Crippen LogP contribution >= 0.6 is 0 Å². The molecule has 0 radical (unpaired) electrons. The number of alkyl halides is 3. The third-order valence-electron chi connectivity index (χ3n) is 4.51. The second kappa shape index (κ2) is 7.84. The molecule has 28 heavy (non-hydrogen) atoms. The largest absolute Gasteiger partial charge is 0.471 e. The van der Waals surface area contributed by atoms with Gasteiger partial charge in [0.1, 0.15) is 0 Å². The fourth-order valence-corrected chi connectivity index (χ4v) is 2.84. The van der Waals surface area contributed by atoms with Gasteiger partial charge in [-0.25, -0.2) is 5.43 Å². The SMILES string of the molecule is C/C(=N\NC(=O)[C@@H]1C[C@@H]1c1ccccc1)c1ccc(NC(=O)C(F)(F)F)cc1. The fraction of sp³-hybridized carbons (Fsp3) is 0.250. The van der Waals surface area contributed by atoms with Crippen molar-refractivity contribution in [3.05, 3.63) is 65.7 Å². The minimum absolute atomic E-state index is 0.0200. The Balaban J connectivity index is 1.55. The van der Waals surface area contributed by atoms with E-state index in [0.29, 0.717) is 11.3 Å². The van der Waals surface area contributed by atoms with Crippen LogP contribution in [0, 0.1) is 5.92 Å². The highest BCUT2D eigenvalue weighted by Crippen LogP contribution is 2.47. The van der Waals surface area contributed by atoms with Gasteiger partial charge in [-0.1, -0.05) is 42.5 Å². The third kappa shape index (κ3) is 4.76. The number of nitrogens with zero attached hydrogens (tertiary/aromatic N) is 1. The lowest BCUT2D eigenvalue weighted by Gasteiger charge is -2.08. The number of benzene rings is 2. The van der Waals surface area contributed by atoms with Crippen molar-refractivity contribution in [2.24, 2.45) is 11.0 Å². The average Bonchev–Trinajstić information content (AvgIpc) is 3.47. The zero-order valence-electron chi connectivity index (χ0n) is 15.0. The number of nitrogens with one attached hydrogen (secondary N) is 2. The average molecular weight is 389 g/mol. The molecule has 0 unspecified atom stereocenters. The second-order valence-electron chi connectivity index (χ2n) is 6.56. The molecule has 2 aromatic rings. The fourth-order valence-electron chi connectivity index (χ4n) is 2.84. The molecule has 2 N–H and O–H groups in total. The third-order valence-corrected chi connectivity index (χ3v) is 4.51. The highest BCUT2D eigenvalue weighted by atomic mass is 19.4. The molecule has 1 saturated carbocycles. The molecule has 0 aromatic heterocycles. The van der Waals surface area contributed by atoms with E-state index in [1.807, 2.05) is 30.3 Å². The van der Waals surface area contributed by atoms with Crippen LogP contribution in [-0.4, -0.2) is 23.7 Å². The molecule has 0 aliphatic heterocycles. The number of hydrogen-bond donors (Lipinski definition) is 2. The molecule has 0 heterocycles. The Morgan fingerprint density at radius 3 is 2.29 bits per heavy atom. The summed E-state index contributed by atoms with van der Waals surface area (Å²) < 4.78 is 36.8. The molecule has 8 heteroatoms. The Morgan fingerprint density at radius 2 is 1.68 bits per heavy atom. The van der Waals surface area contributed by atoms with Gasteiger partial charge in [0, 0.05) is 11.6 Å². The smallest absolute Gasteiger partial charge is 0.318 e. The van der Waals surface area contributed by atoms with Crippen LogP contribution in [0.4, 0.5) is 18.9 Å². The summed E-state index contributed by atoms with van der Waals surface area (Å²) in [5, 5.41) is 5.83. The highest BCUT2D eigenvalue weighted by Gasteiger charge is 2.43. The van der Waals surface area contributed by atoms with Crippen LogP contribution < -0.4 is 10.7 Å². The van der Waals surface area contributed by atoms with Gasteiger partial charge in [-0.2, -0.15) is 18.3 Å². The van der Waals surface area contributed by atoms with Gasteiger partial charge in [0.25, 0.3) is 0 Å². The molecule has 2 atom stereocenters. The molecule has 1 aliphatic carbocycles. The van der Waals surface area contributed by atoms with Crippen LogP contribution in [0.1, 0.15) is 30.4 Å². The standard InChI is InChI=1S/C20H18F3N3O2/c1-12(13-7-9-15(10-8-13)24-19(28)20(21,22)23)25-26-18(27)17-11-16(17)14-5-3-2-4-6-14/h2-10,16-17H,11H2,1H3,(H,24,28)(H,26,27)/b25-12+/t16-,17-/m1/s1. The molecule has 3 rings (SSSR count). The van der Waals surface area contributed by atoms with Crippen molar-refractivity contribution in [1.82, 2.24) is 5.43 Å².